The van der Waals surface area contributed by atoms with Gasteiger partial charge in [-0.3, -0.25) is 0 Å². The van der Waals surface area contributed by atoms with Crippen LogP contribution in [0, 0.1) is 0 Å². The van der Waals surface area contributed by atoms with Crippen molar-refractivity contribution in [1.82, 2.24) is 4.57 Å². The molecule has 0 spiro atoms. The molecule has 0 saturated carbocycles. The fourth-order valence-corrected chi connectivity index (χ4v) is 2.61. The van der Waals surface area contributed by atoms with E-state index < -0.39 is 0 Å². The summed E-state index contributed by atoms with van der Waals surface area (Å²) in [6.07, 6.45) is 4.81. The zero-order valence-electron chi connectivity index (χ0n) is 9.90. The van der Waals surface area contributed by atoms with Crippen molar-refractivity contribution in [3.63, 3.8) is 0 Å². The number of aliphatic hydroxyl groups is 1. The van der Waals surface area contributed by atoms with Crippen LogP contribution in [0.15, 0.2) is 30.6 Å². The van der Waals surface area contributed by atoms with Gasteiger partial charge in [-0.25, -0.2) is 0 Å². The first-order valence-corrected chi connectivity index (χ1v) is 6.33. The van der Waals surface area contributed by atoms with Crippen LogP contribution in [0.5, 0.6) is 5.75 Å². The second-order valence-electron chi connectivity index (χ2n) is 4.50. The maximum Gasteiger partial charge on any atom is 0.127 e. The molecule has 0 saturated heterocycles. The molecule has 0 unspecified atom stereocenters. The van der Waals surface area contributed by atoms with E-state index in [2.05, 4.69) is 0 Å². The number of aromatic nitrogens is 1. The molecule has 1 aliphatic rings. The van der Waals surface area contributed by atoms with Gasteiger partial charge in [0.25, 0.3) is 0 Å². The molecule has 1 aromatic heterocycles. The number of hydrogen-bond acceptors (Lipinski definition) is 2. The third kappa shape index (κ3) is 2.11. The summed E-state index contributed by atoms with van der Waals surface area (Å²) < 4.78 is 7.70. The largest absolute Gasteiger partial charge is 0.493 e. The van der Waals surface area contributed by atoms with Gasteiger partial charge < -0.3 is 14.4 Å². The summed E-state index contributed by atoms with van der Waals surface area (Å²) in [5, 5.41) is 9.81. The fraction of sp³-hybridized carbons (Fsp3) is 0.286. The van der Waals surface area contributed by atoms with E-state index in [0.29, 0.717) is 6.54 Å². The zero-order valence-corrected chi connectivity index (χ0v) is 10.7. The topological polar surface area (TPSA) is 34.4 Å². The average molecular weight is 264 g/mol. The van der Waals surface area contributed by atoms with E-state index >= 15 is 0 Å². The molecule has 0 bridgehead atoms. The van der Waals surface area contributed by atoms with Gasteiger partial charge in [0.2, 0.25) is 0 Å². The molecule has 0 amide bonds. The van der Waals surface area contributed by atoms with E-state index in [0.717, 1.165) is 34.9 Å². The van der Waals surface area contributed by atoms with Crippen LogP contribution in [-0.4, -0.2) is 16.3 Å². The molecule has 1 N–H and O–H groups in total. The molecular formula is C14H14ClNO2. The lowest BCUT2D eigenvalue weighted by Crippen LogP contribution is -1.99. The molecular weight excluding hydrogens is 250 g/mol. The van der Waals surface area contributed by atoms with Crippen molar-refractivity contribution in [3.8, 4) is 5.75 Å². The van der Waals surface area contributed by atoms with Gasteiger partial charge in [-0.2, -0.15) is 0 Å². The second kappa shape index (κ2) is 4.67. The lowest BCUT2D eigenvalue weighted by atomic mass is 10.1. The van der Waals surface area contributed by atoms with E-state index in [-0.39, 0.29) is 6.61 Å². The highest BCUT2D eigenvalue weighted by molar-refractivity contribution is 6.30. The van der Waals surface area contributed by atoms with Crippen LogP contribution in [-0.2, 0) is 19.6 Å². The first kappa shape index (κ1) is 11.6. The third-order valence-electron chi connectivity index (χ3n) is 3.17. The van der Waals surface area contributed by atoms with Crippen LogP contribution in [0.2, 0.25) is 5.02 Å². The van der Waals surface area contributed by atoms with Crippen LogP contribution >= 0.6 is 11.6 Å². The van der Waals surface area contributed by atoms with Crippen LogP contribution in [0.1, 0.15) is 16.7 Å². The average Bonchev–Trinajstić information content (AvgIpc) is 2.97. The molecule has 4 heteroatoms. The summed E-state index contributed by atoms with van der Waals surface area (Å²) in [4.78, 5) is 0. The number of halogens is 1. The van der Waals surface area contributed by atoms with Crippen molar-refractivity contribution in [2.24, 2.45) is 0 Å². The number of rotatable bonds is 3. The van der Waals surface area contributed by atoms with Gasteiger partial charge in [-0.1, -0.05) is 11.6 Å². The molecule has 0 fully saturated rings. The standard InChI is InChI=1S/C14H14ClNO2/c15-13-5-11-2-4-18-14(11)12(6-13)8-16-3-1-10(7-16)9-17/h1,3,5-7,17H,2,4,8-9H2. The Kier molecular flexibility index (Phi) is 3.02. The van der Waals surface area contributed by atoms with Crippen molar-refractivity contribution < 1.29 is 9.84 Å². The Balaban J connectivity index is 1.92. The van der Waals surface area contributed by atoms with E-state index in [1.807, 2.05) is 35.2 Å². The minimum Gasteiger partial charge on any atom is -0.493 e. The monoisotopic (exact) mass is 263 g/mol. The molecule has 2 aromatic rings. The van der Waals surface area contributed by atoms with Crippen molar-refractivity contribution in [1.29, 1.82) is 0 Å². The number of aliphatic hydroxyl groups excluding tert-OH is 1. The van der Waals surface area contributed by atoms with E-state index in [9.17, 15) is 0 Å². The molecule has 18 heavy (non-hydrogen) atoms. The Bertz CT molecular complexity index is 577. The Morgan fingerprint density at radius 2 is 2.28 bits per heavy atom. The number of benzene rings is 1. The minimum atomic E-state index is 0.0666. The molecule has 0 atom stereocenters. The lowest BCUT2D eigenvalue weighted by molar-refractivity contribution is 0.281. The van der Waals surface area contributed by atoms with Crippen molar-refractivity contribution in [2.75, 3.05) is 6.61 Å². The van der Waals surface area contributed by atoms with E-state index in [1.54, 1.807) is 0 Å². The molecule has 3 nitrogen and oxygen atoms in total. The molecule has 0 aliphatic carbocycles. The minimum absolute atomic E-state index is 0.0666. The van der Waals surface area contributed by atoms with Crippen LogP contribution in [0.3, 0.4) is 0 Å². The lowest BCUT2D eigenvalue weighted by Gasteiger charge is -2.09. The van der Waals surface area contributed by atoms with Crippen LogP contribution < -0.4 is 4.74 Å². The predicted octanol–water partition coefficient (Wildman–Crippen LogP) is 2.62. The number of fused-ring (bicyclic) bond motifs is 1. The molecule has 94 valence electrons. The first-order valence-electron chi connectivity index (χ1n) is 5.96. The summed E-state index contributed by atoms with van der Waals surface area (Å²) in [7, 11) is 0. The molecule has 1 aliphatic heterocycles. The Morgan fingerprint density at radius 3 is 3.06 bits per heavy atom. The summed E-state index contributed by atoms with van der Waals surface area (Å²) >= 11 is 6.12. The third-order valence-corrected chi connectivity index (χ3v) is 3.39. The van der Waals surface area contributed by atoms with E-state index in [4.69, 9.17) is 21.4 Å². The van der Waals surface area contributed by atoms with Gasteiger partial charge in [0.15, 0.2) is 0 Å². The molecule has 3 rings (SSSR count). The summed E-state index contributed by atoms with van der Waals surface area (Å²) in [6, 6.07) is 5.83. The second-order valence-corrected chi connectivity index (χ2v) is 4.94. The van der Waals surface area contributed by atoms with Gasteiger partial charge in [0.05, 0.1) is 19.8 Å². The van der Waals surface area contributed by atoms with Crippen molar-refractivity contribution >= 4 is 11.6 Å². The zero-order chi connectivity index (χ0) is 12.5. The quantitative estimate of drug-likeness (QED) is 0.924. The first-order chi connectivity index (χ1) is 8.76. The SMILES string of the molecule is OCc1ccn(Cc2cc(Cl)cc3c2OCC3)c1. The smallest absolute Gasteiger partial charge is 0.127 e. The summed E-state index contributed by atoms with van der Waals surface area (Å²) in [5.74, 6) is 0.971. The van der Waals surface area contributed by atoms with Crippen molar-refractivity contribution in [3.05, 3.63) is 52.3 Å². The number of ether oxygens (including phenoxy) is 1. The molecule has 2 heterocycles. The molecule has 0 radical (unpaired) electrons. The van der Waals surface area contributed by atoms with Gasteiger partial charge in [-0.05, 0) is 29.3 Å². The maximum atomic E-state index is 9.06. The summed E-state index contributed by atoms with van der Waals surface area (Å²) in [6.45, 7) is 1.51. The highest BCUT2D eigenvalue weighted by Gasteiger charge is 2.17. The maximum absolute atomic E-state index is 9.06. The number of hydrogen-bond donors (Lipinski definition) is 1. The Morgan fingerprint density at radius 1 is 1.39 bits per heavy atom. The Hall–Kier alpha value is -1.45. The van der Waals surface area contributed by atoms with Crippen molar-refractivity contribution in [2.45, 2.75) is 19.6 Å². The van der Waals surface area contributed by atoms with Crippen LogP contribution in [0.25, 0.3) is 0 Å². The normalized spacial score (nSPS) is 13.4. The predicted molar refractivity (Wildman–Crippen MR) is 70.1 cm³/mol. The highest BCUT2D eigenvalue weighted by Crippen LogP contribution is 2.33. The summed E-state index contributed by atoms with van der Waals surface area (Å²) in [5.41, 5.74) is 3.19. The highest BCUT2D eigenvalue weighted by atomic mass is 35.5. The Labute approximate surface area is 111 Å². The van der Waals surface area contributed by atoms with Gasteiger partial charge in [0, 0.05) is 29.4 Å². The molecule has 1 aromatic carbocycles. The van der Waals surface area contributed by atoms with Gasteiger partial charge in [0.1, 0.15) is 5.75 Å². The fourth-order valence-electron chi connectivity index (χ4n) is 2.34. The number of nitrogens with zero attached hydrogens (tertiary/aromatic N) is 1. The van der Waals surface area contributed by atoms with Crippen LogP contribution in [0.4, 0.5) is 0 Å². The van der Waals surface area contributed by atoms with Gasteiger partial charge >= 0.3 is 0 Å². The van der Waals surface area contributed by atoms with E-state index in [1.165, 1.54) is 5.56 Å². The van der Waals surface area contributed by atoms with Gasteiger partial charge in [-0.15, -0.1) is 0 Å².